The Labute approximate surface area is 161 Å². The SMILES string of the molecule is CCOc1ccc(N=C2NC(=O)/C(=C\c3nc4ccccc4n3C)S2)cc1. The zero-order valence-electron chi connectivity index (χ0n) is 15.0. The molecule has 2 heterocycles. The van der Waals surface area contributed by atoms with Crippen LogP contribution in [0, 0.1) is 0 Å². The Morgan fingerprint density at radius 1 is 1.22 bits per heavy atom. The van der Waals surface area contributed by atoms with E-state index in [2.05, 4.69) is 15.3 Å². The zero-order chi connectivity index (χ0) is 18.8. The molecule has 6 nitrogen and oxygen atoms in total. The number of thioether (sulfide) groups is 1. The molecule has 0 atom stereocenters. The van der Waals surface area contributed by atoms with Crippen LogP contribution in [0.25, 0.3) is 17.1 Å². The average molecular weight is 378 g/mol. The van der Waals surface area contributed by atoms with Crippen molar-refractivity contribution < 1.29 is 9.53 Å². The van der Waals surface area contributed by atoms with Crippen LogP contribution in [0.1, 0.15) is 12.7 Å². The number of ether oxygens (including phenoxy) is 1. The minimum Gasteiger partial charge on any atom is -0.494 e. The van der Waals surface area contributed by atoms with E-state index in [0.717, 1.165) is 28.3 Å². The van der Waals surface area contributed by atoms with E-state index in [1.54, 1.807) is 6.08 Å². The largest absolute Gasteiger partial charge is 0.494 e. The van der Waals surface area contributed by atoms with Gasteiger partial charge in [0, 0.05) is 13.1 Å². The summed E-state index contributed by atoms with van der Waals surface area (Å²) in [5, 5.41) is 3.35. The number of aryl methyl sites for hydroxylation is 1. The Hall–Kier alpha value is -3.06. The average Bonchev–Trinajstić information content (AvgIpc) is 3.17. The number of carbonyl (C=O) groups excluding carboxylic acids is 1. The topological polar surface area (TPSA) is 68.5 Å². The van der Waals surface area contributed by atoms with E-state index < -0.39 is 0 Å². The van der Waals surface area contributed by atoms with Gasteiger partial charge < -0.3 is 14.6 Å². The van der Waals surface area contributed by atoms with E-state index in [0.29, 0.717) is 16.7 Å². The number of rotatable bonds is 4. The molecule has 27 heavy (non-hydrogen) atoms. The van der Waals surface area contributed by atoms with Gasteiger partial charge in [0.15, 0.2) is 5.17 Å². The van der Waals surface area contributed by atoms with Crippen LogP contribution >= 0.6 is 11.8 Å². The second kappa shape index (κ2) is 7.28. The fourth-order valence-electron chi connectivity index (χ4n) is 2.79. The lowest BCUT2D eigenvalue weighted by Crippen LogP contribution is -2.19. The molecule has 136 valence electrons. The monoisotopic (exact) mass is 378 g/mol. The quantitative estimate of drug-likeness (QED) is 0.700. The third kappa shape index (κ3) is 3.59. The van der Waals surface area contributed by atoms with Gasteiger partial charge in [-0.1, -0.05) is 12.1 Å². The summed E-state index contributed by atoms with van der Waals surface area (Å²) in [4.78, 5) is 22.0. The van der Waals surface area contributed by atoms with Gasteiger partial charge in [0.25, 0.3) is 5.91 Å². The molecule has 1 aliphatic rings. The lowest BCUT2D eigenvalue weighted by Gasteiger charge is -2.02. The molecule has 1 aliphatic heterocycles. The van der Waals surface area contributed by atoms with Crippen LogP contribution in [-0.2, 0) is 11.8 Å². The Morgan fingerprint density at radius 3 is 2.74 bits per heavy atom. The highest BCUT2D eigenvalue weighted by Crippen LogP contribution is 2.29. The maximum absolute atomic E-state index is 12.3. The molecule has 3 aromatic rings. The fourth-order valence-corrected chi connectivity index (χ4v) is 3.60. The summed E-state index contributed by atoms with van der Waals surface area (Å²) in [6.45, 7) is 2.56. The molecular formula is C20H18N4O2S. The van der Waals surface area contributed by atoms with Crippen LogP contribution in [-0.4, -0.2) is 27.2 Å². The highest BCUT2D eigenvalue weighted by molar-refractivity contribution is 8.18. The summed E-state index contributed by atoms with van der Waals surface area (Å²) in [6.07, 6.45) is 1.79. The highest BCUT2D eigenvalue weighted by Gasteiger charge is 2.24. The fraction of sp³-hybridized carbons (Fsp3) is 0.150. The van der Waals surface area contributed by atoms with Gasteiger partial charge in [-0.05, 0) is 55.1 Å². The van der Waals surface area contributed by atoms with Gasteiger partial charge in [-0.25, -0.2) is 9.98 Å². The summed E-state index contributed by atoms with van der Waals surface area (Å²) >= 11 is 1.31. The van der Waals surface area contributed by atoms with Crippen LogP contribution in [0.15, 0.2) is 58.4 Å². The first kappa shape index (κ1) is 17.4. The van der Waals surface area contributed by atoms with Crippen LogP contribution in [0.5, 0.6) is 5.75 Å². The van der Waals surface area contributed by atoms with Crippen molar-refractivity contribution in [2.75, 3.05) is 6.61 Å². The number of fused-ring (bicyclic) bond motifs is 1. The number of benzene rings is 2. The third-order valence-electron chi connectivity index (χ3n) is 4.11. The summed E-state index contributed by atoms with van der Waals surface area (Å²) < 4.78 is 7.40. The van der Waals surface area contributed by atoms with Gasteiger partial charge in [-0.3, -0.25) is 4.79 Å². The predicted octanol–water partition coefficient (Wildman–Crippen LogP) is 3.86. The van der Waals surface area contributed by atoms with Crippen molar-refractivity contribution in [2.24, 2.45) is 12.0 Å². The Bertz CT molecular complexity index is 1070. The van der Waals surface area contributed by atoms with Crippen molar-refractivity contribution in [3.8, 4) is 5.75 Å². The molecule has 1 fully saturated rings. The molecule has 2 aromatic carbocycles. The van der Waals surface area contributed by atoms with Crippen LogP contribution < -0.4 is 10.1 Å². The number of aromatic nitrogens is 2. The van der Waals surface area contributed by atoms with E-state index in [-0.39, 0.29) is 5.91 Å². The van der Waals surface area contributed by atoms with Gasteiger partial charge >= 0.3 is 0 Å². The number of imidazole rings is 1. The van der Waals surface area contributed by atoms with Gasteiger partial charge in [-0.15, -0.1) is 0 Å². The minimum atomic E-state index is -0.170. The molecule has 1 saturated heterocycles. The van der Waals surface area contributed by atoms with E-state index in [1.165, 1.54) is 11.8 Å². The van der Waals surface area contributed by atoms with Gasteiger partial charge in [0.2, 0.25) is 0 Å². The smallest absolute Gasteiger partial charge is 0.264 e. The molecule has 0 aliphatic carbocycles. The third-order valence-corrected chi connectivity index (χ3v) is 5.02. The Morgan fingerprint density at radius 2 is 2.00 bits per heavy atom. The molecule has 1 amide bonds. The van der Waals surface area contributed by atoms with Crippen LogP contribution in [0.4, 0.5) is 5.69 Å². The molecular weight excluding hydrogens is 360 g/mol. The summed E-state index contributed by atoms with van der Waals surface area (Å²) in [6, 6.07) is 15.3. The second-order valence-electron chi connectivity index (χ2n) is 5.93. The van der Waals surface area contributed by atoms with Crippen molar-refractivity contribution in [2.45, 2.75) is 6.92 Å². The minimum absolute atomic E-state index is 0.170. The van der Waals surface area contributed by atoms with Crippen molar-refractivity contribution >= 4 is 45.6 Å². The molecule has 0 saturated carbocycles. The predicted molar refractivity (Wildman–Crippen MR) is 109 cm³/mol. The lowest BCUT2D eigenvalue weighted by atomic mass is 10.3. The Kier molecular flexibility index (Phi) is 4.68. The van der Waals surface area contributed by atoms with Gasteiger partial charge in [0.1, 0.15) is 11.6 Å². The number of nitrogens with one attached hydrogen (secondary N) is 1. The first-order valence-corrected chi connectivity index (χ1v) is 9.39. The molecule has 0 bridgehead atoms. The first-order chi connectivity index (χ1) is 13.1. The number of amidine groups is 1. The summed E-state index contributed by atoms with van der Waals surface area (Å²) in [7, 11) is 1.94. The number of hydrogen-bond acceptors (Lipinski definition) is 5. The number of hydrogen-bond donors (Lipinski definition) is 1. The number of para-hydroxylation sites is 2. The standard InChI is InChI=1S/C20H18N4O2S/c1-3-26-14-10-8-13(9-11-14)21-20-23-19(25)17(27-20)12-18-22-15-6-4-5-7-16(15)24(18)2/h4-12H,3H2,1-2H3,(H,21,23,25)/b17-12+. The molecule has 4 rings (SSSR count). The van der Waals surface area contributed by atoms with E-state index in [4.69, 9.17) is 4.74 Å². The molecule has 1 N–H and O–H groups in total. The van der Waals surface area contributed by atoms with Crippen molar-refractivity contribution in [1.29, 1.82) is 0 Å². The van der Waals surface area contributed by atoms with Crippen molar-refractivity contribution in [3.63, 3.8) is 0 Å². The van der Waals surface area contributed by atoms with E-state index in [9.17, 15) is 4.79 Å². The van der Waals surface area contributed by atoms with E-state index >= 15 is 0 Å². The number of aliphatic imine (C=N–C) groups is 1. The van der Waals surface area contributed by atoms with Crippen molar-refractivity contribution in [1.82, 2.24) is 14.9 Å². The second-order valence-corrected chi connectivity index (χ2v) is 6.96. The maximum atomic E-state index is 12.3. The van der Waals surface area contributed by atoms with Crippen LogP contribution in [0.2, 0.25) is 0 Å². The first-order valence-electron chi connectivity index (χ1n) is 8.58. The molecule has 7 heteroatoms. The summed E-state index contributed by atoms with van der Waals surface area (Å²) in [5.41, 5.74) is 2.68. The number of nitrogens with zero attached hydrogens (tertiary/aromatic N) is 3. The number of amides is 1. The molecule has 0 spiro atoms. The van der Waals surface area contributed by atoms with E-state index in [1.807, 2.05) is 67.1 Å². The maximum Gasteiger partial charge on any atom is 0.264 e. The van der Waals surface area contributed by atoms with Gasteiger partial charge in [-0.2, -0.15) is 0 Å². The van der Waals surface area contributed by atoms with Gasteiger partial charge in [0.05, 0.1) is 28.2 Å². The molecule has 0 unspecified atom stereocenters. The lowest BCUT2D eigenvalue weighted by molar-refractivity contribution is -0.115. The zero-order valence-corrected chi connectivity index (χ0v) is 15.8. The van der Waals surface area contributed by atoms with Crippen LogP contribution in [0.3, 0.4) is 0 Å². The molecule has 1 aromatic heterocycles. The summed E-state index contributed by atoms with van der Waals surface area (Å²) in [5.74, 6) is 1.36. The number of carbonyl (C=O) groups is 1. The normalized spacial score (nSPS) is 17.0. The molecule has 0 radical (unpaired) electrons. The highest BCUT2D eigenvalue weighted by atomic mass is 32.2. The van der Waals surface area contributed by atoms with Crippen molar-refractivity contribution in [3.05, 3.63) is 59.3 Å². The Balaban J connectivity index is 1.57.